The average molecular weight is 217 g/mol. The van der Waals surface area contributed by atoms with E-state index in [0.29, 0.717) is 0 Å². The van der Waals surface area contributed by atoms with Crippen LogP contribution in [0.25, 0.3) is 0 Å². The summed E-state index contributed by atoms with van der Waals surface area (Å²) in [4.78, 5) is 0.162. The predicted octanol–water partition coefficient (Wildman–Crippen LogP) is 2.02. The molecule has 0 spiro atoms. The molecule has 1 unspecified atom stereocenters. The zero-order valence-corrected chi connectivity index (χ0v) is 8.28. The summed E-state index contributed by atoms with van der Waals surface area (Å²) in [7, 11) is 0. The van der Waals surface area contributed by atoms with Gasteiger partial charge in [-0.1, -0.05) is 12.2 Å². The number of rotatable bonds is 3. The normalized spacial score (nSPS) is 12.2. The molecular weight excluding hydrogens is 208 g/mol. The molecule has 0 fully saturated rings. The van der Waals surface area contributed by atoms with Crippen molar-refractivity contribution in [3.05, 3.63) is 29.8 Å². The molecule has 2 N–H and O–H groups in total. The number of ether oxygens (including phenoxy) is 1. The van der Waals surface area contributed by atoms with Crippen LogP contribution in [-0.2, 0) is 0 Å². The van der Waals surface area contributed by atoms with Gasteiger partial charge < -0.3 is 10.5 Å². The second-order valence-corrected chi connectivity index (χ2v) is 3.21. The smallest absolute Gasteiger partial charge is 0.162 e. The fourth-order valence-corrected chi connectivity index (χ4v) is 0.860. The molecule has 0 saturated heterocycles. The van der Waals surface area contributed by atoms with Crippen molar-refractivity contribution in [3.8, 4) is 5.75 Å². The van der Waals surface area contributed by atoms with Crippen LogP contribution in [0.2, 0.25) is 0 Å². The Morgan fingerprint density at radius 2 is 2.07 bits per heavy atom. The first-order chi connectivity index (χ1) is 6.50. The maximum atomic E-state index is 12.7. The van der Waals surface area contributed by atoms with Crippen LogP contribution in [0, 0.1) is 11.6 Å². The predicted molar refractivity (Wildman–Crippen MR) is 53.2 cm³/mol. The molecule has 0 amide bonds. The first-order valence-corrected chi connectivity index (χ1v) is 4.32. The highest BCUT2D eigenvalue weighted by Crippen LogP contribution is 2.16. The van der Waals surface area contributed by atoms with Crippen molar-refractivity contribution >= 4 is 17.2 Å². The molecule has 5 heteroatoms. The number of halogens is 2. The summed E-state index contributed by atoms with van der Waals surface area (Å²) in [6, 6.07) is 3.24. The molecule has 0 heterocycles. The second-order valence-electron chi connectivity index (χ2n) is 2.74. The molecule has 0 aliphatic rings. The number of hydrogen-bond donors (Lipinski definition) is 1. The van der Waals surface area contributed by atoms with Gasteiger partial charge in [0.25, 0.3) is 0 Å². The van der Waals surface area contributed by atoms with Crippen molar-refractivity contribution in [2.45, 2.75) is 13.0 Å². The van der Waals surface area contributed by atoms with E-state index in [4.69, 9.17) is 10.5 Å². The summed E-state index contributed by atoms with van der Waals surface area (Å²) in [6.07, 6.45) is -0.505. The lowest BCUT2D eigenvalue weighted by atomic mass is 10.3. The van der Waals surface area contributed by atoms with Crippen LogP contribution in [0.4, 0.5) is 8.78 Å². The molecule has 76 valence electrons. The van der Waals surface area contributed by atoms with Crippen molar-refractivity contribution in [2.24, 2.45) is 5.73 Å². The van der Waals surface area contributed by atoms with Crippen LogP contribution < -0.4 is 10.5 Å². The lowest BCUT2D eigenvalue weighted by Crippen LogP contribution is -2.28. The van der Waals surface area contributed by atoms with Crippen LogP contribution in [-0.4, -0.2) is 11.1 Å². The summed E-state index contributed by atoms with van der Waals surface area (Å²) in [5.41, 5.74) is 5.29. The highest BCUT2D eigenvalue weighted by molar-refractivity contribution is 7.80. The summed E-state index contributed by atoms with van der Waals surface area (Å²) in [5, 5.41) is 0. The molecule has 0 aliphatic heterocycles. The molecule has 1 aromatic rings. The van der Waals surface area contributed by atoms with Gasteiger partial charge in [-0.15, -0.1) is 0 Å². The summed E-state index contributed by atoms with van der Waals surface area (Å²) >= 11 is 4.66. The molecule has 1 atom stereocenters. The summed E-state index contributed by atoms with van der Waals surface area (Å²) < 4.78 is 30.4. The highest BCUT2D eigenvalue weighted by Gasteiger charge is 2.08. The standard InChI is InChI=1S/C9H9F2NOS/c1-5(9(12)14)13-6-2-3-7(10)8(11)4-6/h2-5H,1H3,(H2,12,14). The van der Waals surface area contributed by atoms with Crippen molar-refractivity contribution in [3.63, 3.8) is 0 Å². The van der Waals surface area contributed by atoms with Crippen LogP contribution in [0.15, 0.2) is 18.2 Å². The minimum absolute atomic E-state index is 0.162. The van der Waals surface area contributed by atoms with Crippen molar-refractivity contribution in [2.75, 3.05) is 0 Å². The average Bonchev–Trinajstić information content (AvgIpc) is 2.11. The molecule has 0 aliphatic carbocycles. The lowest BCUT2D eigenvalue weighted by Gasteiger charge is -2.12. The van der Waals surface area contributed by atoms with Gasteiger partial charge in [-0.25, -0.2) is 8.78 Å². The van der Waals surface area contributed by atoms with Crippen LogP contribution in [0.1, 0.15) is 6.92 Å². The van der Waals surface area contributed by atoms with E-state index in [-0.39, 0.29) is 10.7 Å². The SMILES string of the molecule is CC(Oc1ccc(F)c(F)c1)C(N)=S. The molecule has 2 nitrogen and oxygen atoms in total. The fourth-order valence-electron chi connectivity index (χ4n) is 0.812. The van der Waals surface area contributed by atoms with Crippen molar-refractivity contribution in [1.82, 2.24) is 0 Å². The Morgan fingerprint density at radius 1 is 1.43 bits per heavy atom. The van der Waals surface area contributed by atoms with Gasteiger partial charge in [0.15, 0.2) is 11.6 Å². The van der Waals surface area contributed by atoms with E-state index >= 15 is 0 Å². The van der Waals surface area contributed by atoms with Gasteiger partial charge in [0.05, 0.1) is 0 Å². The topological polar surface area (TPSA) is 35.2 Å². The highest BCUT2D eigenvalue weighted by atomic mass is 32.1. The minimum Gasteiger partial charge on any atom is -0.484 e. The Hall–Kier alpha value is -1.23. The van der Waals surface area contributed by atoms with Crippen molar-refractivity contribution in [1.29, 1.82) is 0 Å². The first-order valence-electron chi connectivity index (χ1n) is 3.91. The largest absolute Gasteiger partial charge is 0.484 e. The number of thiocarbonyl (C=S) groups is 1. The Morgan fingerprint density at radius 3 is 2.57 bits per heavy atom. The third kappa shape index (κ3) is 2.63. The molecule has 0 radical (unpaired) electrons. The molecular formula is C9H9F2NOS. The van der Waals surface area contributed by atoms with E-state index < -0.39 is 17.7 Å². The van der Waals surface area contributed by atoms with Gasteiger partial charge in [-0.2, -0.15) is 0 Å². The first kappa shape index (κ1) is 10.8. The van der Waals surface area contributed by atoms with Crippen LogP contribution in [0.3, 0.4) is 0 Å². The van der Waals surface area contributed by atoms with E-state index in [1.165, 1.54) is 6.07 Å². The molecule has 14 heavy (non-hydrogen) atoms. The van der Waals surface area contributed by atoms with Crippen LogP contribution in [0.5, 0.6) is 5.75 Å². The van der Waals surface area contributed by atoms with E-state index in [9.17, 15) is 8.78 Å². The molecule has 1 rings (SSSR count). The number of benzene rings is 1. The van der Waals surface area contributed by atoms with E-state index in [0.717, 1.165) is 12.1 Å². The summed E-state index contributed by atoms with van der Waals surface area (Å²) in [5.74, 6) is -1.68. The Bertz CT molecular complexity index is 357. The quantitative estimate of drug-likeness (QED) is 0.787. The molecule has 0 aromatic heterocycles. The Kier molecular flexibility index (Phi) is 3.35. The van der Waals surface area contributed by atoms with Gasteiger partial charge >= 0.3 is 0 Å². The summed E-state index contributed by atoms with van der Waals surface area (Å²) in [6.45, 7) is 1.63. The van der Waals surface area contributed by atoms with E-state index in [1.54, 1.807) is 6.92 Å². The minimum atomic E-state index is -0.961. The van der Waals surface area contributed by atoms with Gasteiger partial charge in [0.1, 0.15) is 16.8 Å². The third-order valence-corrected chi connectivity index (χ3v) is 1.94. The fraction of sp³-hybridized carbons (Fsp3) is 0.222. The third-order valence-electron chi connectivity index (χ3n) is 1.60. The van der Waals surface area contributed by atoms with Gasteiger partial charge in [0.2, 0.25) is 0 Å². The Balaban J connectivity index is 2.78. The molecule has 0 bridgehead atoms. The number of hydrogen-bond acceptors (Lipinski definition) is 2. The maximum Gasteiger partial charge on any atom is 0.162 e. The monoisotopic (exact) mass is 217 g/mol. The molecule has 1 aromatic carbocycles. The van der Waals surface area contributed by atoms with Gasteiger partial charge in [-0.3, -0.25) is 0 Å². The van der Waals surface area contributed by atoms with Gasteiger partial charge in [-0.05, 0) is 19.1 Å². The maximum absolute atomic E-state index is 12.7. The molecule has 0 saturated carbocycles. The van der Waals surface area contributed by atoms with Crippen LogP contribution >= 0.6 is 12.2 Å². The second kappa shape index (κ2) is 4.32. The Labute approximate surface area is 85.7 Å². The van der Waals surface area contributed by atoms with Gasteiger partial charge in [0, 0.05) is 6.07 Å². The number of nitrogens with two attached hydrogens (primary N) is 1. The van der Waals surface area contributed by atoms with E-state index in [1.807, 2.05) is 0 Å². The van der Waals surface area contributed by atoms with E-state index in [2.05, 4.69) is 12.2 Å². The lowest BCUT2D eigenvalue weighted by molar-refractivity contribution is 0.286. The van der Waals surface area contributed by atoms with Crippen molar-refractivity contribution < 1.29 is 13.5 Å². The zero-order chi connectivity index (χ0) is 10.7. The zero-order valence-electron chi connectivity index (χ0n) is 7.46.